The van der Waals surface area contributed by atoms with E-state index >= 15 is 0 Å². The fourth-order valence-corrected chi connectivity index (χ4v) is 7.27. The van der Waals surface area contributed by atoms with Gasteiger partial charge in [-0.15, -0.1) is 0 Å². The van der Waals surface area contributed by atoms with Crippen molar-refractivity contribution >= 4 is 24.4 Å². The summed E-state index contributed by atoms with van der Waals surface area (Å²) in [6.07, 6.45) is 1.11. The summed E-state index contributed by atoms with van der Waals surface area (Å²) >= 11 is 0. The first-order valence-corrected chi connectivity index (χ1v) is 11.2. The first kappa shape index (κ1) is 17.6. The minimum Gasteiger partial charge on any atom is -0.474 e. The van der Waals surface area contributed by atoms with Gasteiger partial charge < -0.3 is 4.74 Å². The molecule has 2 atom stereocenters. The van der Waals surface area contributed by atoms with E-state index in [1.807, 2.05) is 0 Å². The lowest BCUT2D eigenvalue weighted by Gasteiger charge is -2.35. The molecule has 0 amide bonds. The smallest absolute Gasteiger partial charge is 0.195 e. The molecule has 0 radical (unpaired) electrons. The van der Waals surface area contributed by atoms with Crippen LogP contribution in [0.2, 0.25) is 0 Å². The first-order chi connectivity index (χ1) is 13.6. The number of ether oxygens (including phenoxy) is 1. The molecule has 1 aliphatic carbocycles. The number of hydrogen-bond donors (Lipinski definition) is 0. The molecule has 1 aliphatic heterocycles. The highest BCUT2D eigenvalue weighted by atomic mass is 31.1. The summed E-state index contributed by atoms with van der Waals surface area (Å²) < 4.78 is 6.52. The van der Waals surface area contributed by atoms with Gasteiger partial charge in [0.1, 0.15) is 12.1 Å². The first-order valence-electron chi connectivity index (χ1n) is 9.87. The zero-order chi connectivity index (χ0) is 19.1. The van der Waals surface area contributed by atoms with E-state index in [2.05, 4.69) is 98.8 Å². The number of fused-ring (bicyclic) bond motifs is 3. The van der Waals surface area contributed by atoms with Gasteiger partial charge in [-0.3, -0.25) is 0 Å². The highest BCUT2D eigenvalue weighted by molar-refractivity contribution is 7.75. The molecule has 3 aromatic carbocycles. The Morgan fingerprint density at radius 2 is 1.39 bits per heavy atom. The topological polar surface area (TPSA) is 21.6 Å². The van der Waals surface area contributed by atoms with Crippen molar-refractivity contribution in [3.63, 3.8) is 0 Å². The van der Waals surface area contributed by atoms with Gasteiger partial charge >= 0.3 is 0 Å². The molecule has 1 heterocycles. The van der Waals surface area contributed by atoms with Gasteiger partial charge in [0.15, 0.2) is 5.90 Å². The number of nitrogens with zero attached hydrogens (tertiary/aromatic N) is 1. The van der Waals surface area contributed by atoms with Crippen LogP contribution in [0.1, 0.15) is 31.0 Å². The fraction of sp³-hybridized carbons (Fsp3) is 0.240. The van der Waals surface area contributed by atoms with Gasteiger partial charge in [0.2, 0.25) is 0 Å². The van der Waals surface area contributed by atoms with Crippen LogP contribution in [0.15, 0.2) is 89.9 Å². The molecule has 3 aromatic rings. The average Bonchev–Trinajstić information content (AvgIpc) is 3.28. The summed E-state index contributed by atoms with van der Waals surface area (Å²) in [7, 11) is -0.647. The number of benzene rings is 3. The molecular weight excluding hydrogens is 361 g/mol. The maximum Gasteiger partial charge on any atom is 0.195 e. The molecule has 2 nitrogen and oxygen atoms in total. The van der Waals surface area contributed by atoms with Gasteiger partial charge in [-0.1, -0.05) is 84.9 Å². The van der Waals surface area contributed by atoms with E-state index in [0.29, 0.717) is 0 Å². The second kappa shape index (κ2) is 6.87. The minimum absolute atomic E-state index is 0.147. The Balaban J connectivity index is 1.56. The van der Waals surface area contributed by atoms with Gasteiger partial charge in [0.25, 0.3) is 0 Å². The number of rotatable bonds is 4. The number of hydrogen-bond acceptors (Lipinski definition) is 2. The second-order valence-corrected chi connectivity index (χ2v) is 10.8. The highest BCUT2D eigenvalue weighted by Crippen LogP contribution is 2.52. The van der Waals surface area contributed by atoms with Gasteiger partial charge in [-0.05, 0) is 43.5 Å². The van der Waals surface area contributed by atoms with Crippen LogP contribution in [0, 0.1) is 0 Å². The van der Waals surface area contributed by atoms with Crippen molar-refractivity contribution in [2.45, 2.75) is 37.6 Å². The van der Waals surface area contributed by atoms with Crippen LogP contribution in [-0.2, 0) is 11.2 Å². The van der Waals surface area contributed by atoms with Crippen LogP contribution in [-0.4, -0.2) is 17.2 Å². The van der Waals surface area contributed by atoms with Gasteiger partial charge in [-0.2, -0.15) is 0 Å². The third-order valence-electron chi connectivity index (χ3n) is 5.78. The van der Waals surface area contributed by atoms with Crippen LogP contribution >= 0.6 is 7.92 Å². The third kappa shape index (κ3) is 2.88. The van der Waals surface area contributed by atoms with Crippen molar-refractivity contribution in [2.24, 2.45) is 4.99 Å². The molecule has 0 bridgehead atoms. The molecular formula is C25H24NOP. The zero-order valence-corrected chi connectivity index (χ0v) is 17.1. The molecule has 0 unspecified atom stereocenters. The van der Waals surface area contributed by atoms with E-state index in [9.17, 15) is 0 Å². The van der Waals surface area contributed by atoms with Crippen molar-refractivity contribution in [3.8, 4) is 0 Å². The Labute approximate surface area is 168 Å². The molecule has 3 heteroatoms. The summed E-state index contributed by atoms with van der Waals surface area (Å²) in [5, 5.41) is 2.53. The summed E-state index contributed by atoms with van der Waals surface area (Å²) in [6, 6.07) is 30.4. The van der Waals surface area contributed by atoms with Crippen LogP contribution in [0.25, 0.3) is 0 Å². The van der Waals surface area contributed by atoms with Crippen molar-refractivity contribution in [1.29, 1.82) is 0 Å². The lowest BCUT2D eigenvalue weighted by molar-refractivity contribution is 0.198. The third-order valence-corrected chi connectivity index (χ3v) is 8.72. The molecule has 5 rings (SSSR count). The zero-order valence-electron chi connectivity index (χ0n) is 16.2. The molecule has 0 fully saturated rings. The van der Waals surface area contributed by atoms with E-state index in [1.165, 1.54) is 21.7 Å². The molecule has 0 N–H and O–H groups in total. The van der Waals surface area contributed by atoms with Gasteiger partial charge in [0, 0.05) is 6.42 Å². The van der Waals surface area contributed by atoms with Crippen LogP contribution in [0.3, 0.4) is 0 Å². The standard InChI is InChI=1S/C25H24NOP/c1-25(2,24-26-23-21-16-10-9-11-18(21)17-22(23)27-24)28(19-12-5-3-6-13-19)20-14-7-4-8-15-20/h3-16,22-23H,17H2,1-2H3/t22-,23+/m0/s1. The van der Waals surface area contributed by atoms with Crippen molar-refractivity contribution < 1.29 is 4.74 Å². The minimum atomic E-state index is -0.647. The van der Waals surface area contributed by atoms with E-state index in [-0.39, 0.29) is 17.3 Å². The second-order valence-electron chi connectivity index (χ2n) is 8.00. The Hall–Kier alpha value is -2.44. The SMILES string of the molecule is CC(C)(C1=N[C@@H]2c3ccccc3C[C@@H]2O1)P(c1ccccc1)c1ccccc1. The van der Waals surface area contributed by atoms with Crippen LogP contribution in [0.4, 0.5) is 0 Å². The molecule has 0 saturated heterocycles. The fourth-order valence-electron chi connectivity index (χ4n) is 4.44. The lowest BCUT2D eigenvalue weighted by atomic mass is 10.1. The Bertz CT molecular complexity index is 973. The summed E-state index contributed by atoms with van der Waals surface area (Å²) in [5.74, 6) is 0.913. The predicted octanol–water partition coefficient (Wildman–Crippen LogP) is 4.99. The summed E-state index contributed by atoms with van der Waals surface area (Å²) in [6.45, 7) is 4.59. The molecule has 28 heavy (non-hydrogen) atoms. The maximum atomic E-state index is 6.52. The van der Waals surface area contributed by atoms with E-state index in [1.54, 1.807) is 0 Å². The number of aliphatic imine (C=N–C) groups is 1. The molecule has 0 spiro atoms. The van der Waals surface area contributed by atoms with E-state index < -0.39 is 7.92 Å². The van der Waals surface area contributed by atoms with Crippen molar-refractivity contribution in [3.05, 3.63) is 96.1 Å². The quantitative estimate of drug-likeness (QED) is 0.580. The Morgan fingerprint density at radius 3 is 2.04 bits per heavy atom. The van der Waals surface area contributed by atoms with Crippen LogP contribution < -0.4 is 10.6 Å². The molecule has 0 aromatic heterocycles. The Morgan fingerprint density at radius 1 is 0.821 bits per heavy atom. The van der Waals surface area contributed by atoms with Crippen molar-refractivity contribution in [1.82, 2.24) is 0 Å². The summed E-state index contributed by atoms with van der Waals surface area (Å²) in [4.78, 5) is 5.15. The van der Waals surface area contributed by atoms with Gasteiger partial charge in [0.05, 0.1) is 5.16 Å². The normalized spacial score (nSPS) is 20.5. The van der Waals surface area contributed by atoms with E-state index in [4.69, 9.17) is 9.73 Å². The maximum absolute atomic E-state index is 6.52. The largest absolute Gasteiger partial charge is 0.474 e. The van der Waals surface area contributed by atoms with Gasteiger partial charge in [-0.25, -0.2) is 4.99 Å². The molecule has 140 valence electrons. The molecule has 2 aliphatic rings. The highest BCUT2D eigenvalue weighted by Gasteiger charge is 2.46. The Kier molecular flexibility index (Phi) is 4.33. The predicted molar refractivity (Wildman–Crippen MR) is 118 cm³/mol. The van der Waals surface area contributed by atoms with Crippen molar-refractivity contribution in [2.75, 3.05) is 0 Å². The van der Waals surface area contributed by atoms with E-state index in [0.717, 1.165) is 12.3 Å². The lowest BCUT2D eigenvalue weighted by Crippen LogP contribution is -2.38. The monoisotopic (exact) mass is 385 g/mol. The van der Waals surface area contributed by atoms with Crippen LogP contribution in [0.5, 0.6) is 0 Å². The average molecular weight is 385 g/mol. The summed E-state index contributed by atoms with van der Waals surface area (Å²) in [5.41, 5.74) is 2.72. The molecule has 0 saturated carbocycles.